The van der Waals surface area contributed by atoms with Crippen LogP contribution in [0.1, 0.15) is 11.5 Å². The van der Waals surface area contributed by atoms with Crippen molar-refractivity contribution in [2.75, 3.05) is 5.32 Å². The Bertz CT molecular complexity index is 453. The summed E-state index contributed by atoms with van der Waals surface area (Å²) in [6.45, 7) is 0.487. The molecule has 2 aromatic heterocycles. The van der Waals surface area contributed by atoms with Gasteiger partial charge in [0.05, 0.1) is 18.9 Å². The average Bonchev–Trinajstić information content (AvgIpc) is 2.80. The minimum Gasteiger partial charge on any atom is -0.362 e. The van der Waals surface area contributed by atoms with Gasteiger partial charge in [0, 0.05) is 0 Å². The first-order chi connectivity index (χ1) is 7.38. The van der Waals surface area contributed by atoms with Crippen LogP contribution in [0.2, 0.25) is 0 Å². The van der Waals surface area contributed by atoms with Crippen molar-refractivity contribution in [1.29, 1.82) is 5.26 Å². The van der Waals surface area contributed by atoms with E-state index in [1.165, 1.54) is 18.7 Å². The molecule has 0 fully saturated rings. The number of nitrogens with one attached hydrogen (secondary N) is 2. The molecule has 0 unspecified atom stereocenters. The Kier molecular flexibility index (Phi) is 2.51. The molecule has 0 aliphatic heterocycles. The van der Waals surface area contributed by atoms with Crippen LogP contribution >= 0.6 is 0 Å². The summed E-state index contributed by atoms with van der Waals surface area (Å²) < 4.78 is 0. The standard InChI is InChI=1S/C8H7N7/c9-1-6-2-11-7(3-10-6)12-4-8-13-5-14-15-8/h2-3,5H,4H2,(H,11,12)(H,13,14,15). The van der Waals surface area contributed by atoms with Crippen molar-refractivity contribution in [1.82, 2.24) is 25.1 Å². The number of H-pyrrole nitrogens is 1. The Labute approximate surface area is 85.2 Å². The molecule has 0 bridgehead atoms. The molecule has 0 radical (unpaired) electrons. The van der Waals surface area contributed by atoms with Gasteiger partial charge in [-0.3, -0.25) is 5.10 Å². The van der Waals surface area contributed by atoms with E-state index in [0.717, 1.165) is 0 Å². The van der Waals surface area contributed by atoms with Gasteiger partial charge in [0.15, 0.2) is 5.69 Å². The first-order valence-electron chi connectivity index (χ1n) is 4.19. The maximum Gasteiger partial charge on any atom is 0.158 e. The monoisotopic (exact) mass is 201 g/mol. The molecule has 15 heavy (non-hydrogen) atoms. The highest BCUT2D eigenvalue weighted by Crippen LogP contribution is 2.01. The van der Waals surface area contributed by atoms with Gasteiger partial charge in [-0.1, -0.05) is 0 Å². The molecule has 2 N–H and O–H groups in total. The number of aromatic amines is 1. The van der Waals surface area contributed by atoms with Crippen molar-refractivity contribution in [3.05, 3.63) is 30.2 Å². The average molecular weight is 201 g/mol. The topological polar surface area (TPSA) is 103 Å². The number of anilines is 1. The molecule has 0 aliphatic rings. The zero-order valence-corrected chi connectivity index (χ0v) is 7.68. The highest BCUT2D eigenvalue weighted by atomic mass is 15.2. The summed E-state index contributed by atoms with van der Waals surface area (Å²) in [6, 6.07) is 1.89. The molecule has 7 nitrogen and oxygen atoms in total. The second kappa shape index (κ2) is 4.15. The van der Waals surface area contributed by atoms with Crippen molar-refractivity contribution in [2.24, 2.45) is 0 Å². The third-order valence-corrected chi connectivity index (χ3v) is 1.67. The molecule has 0 amide bonds. The van der Waals surface area contributed by atoms with E-state index in [1.54, 1.807) is 0 Å². The molecule has 0 atom stereocenters. The highest BCUT2D eigenvalue weighted by molar-refractivity contribution is 5.33. The van der Waals surface area contributed by atoms with E-state index in [1.807, 2.05) is 6.07 Å². The predicted octanol–water partition coefficient (Wildman–Crippen LogP) is 0.0785. The minimum atomic E-state index is 0.292. The lowest BCUT2D eigenvalue weighted by molar-refractivity contribution is 0.944. The van der Waals surface area contributed by atoms with Crippen molar-refractivity contribution in [2.45, 2.75) is 6.54 Å². The van der Waals surface area contributed by atoms with Gasteiger partial charge in [0.2, 0.25) is 0 Å². The number of nitrogens with zero attached hydrogens (tertiary/aromatic N) is 5. The minimum absolute atomic E-state index is 0.292. The number of nitriles is 1. The van der Waals surface area contributed by atoms with Gasteiger partial charge in [-0.25, -0.2) is 15.0 Å². The molecule has 2 aromatic rings. The quantitative estimate of drug-likeness (QED) is 0.728. The van der Waals surface area contributed by atoms with Crippen molar-refractivity contribution in [3.63, 3.8) is 0 Å². The Balaban J connectivity index is 1.97. The first kappa shape index (κ1) is 9.08. The van der Waals surface area contributed by atoms with Gasteiger partial charge in [0.1, 0.15) is 24.0 Å². The van der Waals surface area contributed by atoms with Crippen LogP contribution < -0.4 is 5.32 Å². The SMILES string of the molecule is N#Cc1cnc(NCc2ncn[nH]2)cn1. The largest absolute Gasteiger partial charge is 0.362 e. The van der Waals surface area contributed by atoms with Crippen LogP contribution in [0.15, 0.2) is 18.7 Å². The summed E-state index contributed by atoms with van der Waals surface area (Å²) in [5.74, 6) is 1.30. The maximum absolute atomic E-state index is 8.51. The van der Waals surface area contributed by atoms with Crippen molar-refractivity contribution in [3.8, 4) is 6.07 Å². The highest BCUT2D eigenvalue weighted by Gasteiger charge is 1.98. The van der Waals surface area contributed by atoms with E-state index in [9.17, 15) is 0 Å². The second-order valence-electron chi connectivity index (χ2n) is 2.68. The molecular formula is C8H7N7. The fourth-order valence-electron chi connectivity index (χ4n) is 0.967. The van der Waals surface area contributed by atoms with Crippen LogP contribution in [-0.4, -0.2) is 25.1 Å². The third kappa shape index (κ3) is 2.25. The van der Waals surface area contributed by atoms with E-state index >= 15 is 0 Å². The fraction of sp³-hybridized carbons (Fsp3) is 0.125. The fourth-order valence-corrected chi connectivity index (χ4v) is 0.967. The van der Waals surface area contributed by atoms with E-state index in [2.05, 4.69) is 30.5 Å². The Morgan fingerprint density at radius 1 is 1.33 bits per heavy atom. The zero-order chi connectivity index (χ0) is 10.5. The normalized spacial score (nSPS) is 9.53. The van der Waals surface area contributed by atoms with Gasteiger partial charge in [0.25, 0.3) is 0 Å². The summed E-state index contributed by atoms with van der Waals surface area (Å²) in [6.07, 6.45) is 4.33. The van der Waals surface area contributed by atoms with Gasteiger partial charge in [-0.2, -0.15) is 10.4 Å². The van der Waals surface area contributed by atoms with Crippen LogP contribution in [-0.2, 0) is 6.54 Å². The van der Waals surface area contributed by atoms with Crippen LogP contribution in [0.3, 0.4) is 0 Å². The van der Waals surface area contributed by atoms with Crippen molar-refractivity contribution >= 4 is 5.82 Å². The Morgan fingerprint density at radius 2 is 2.27 bits per heavy atom. The van der Waals surface area contributed by atoms with Gasteiger partial charge in [-0.05, 0) is 0 Å². The molecule has 0 saturated heterocycles. The Hall–Kier alpha value is -2.49. The lowest BCUT2D eigenvalue weighted by Crippen LogP contribution is -2.03. The van der Waals surface area contributed by atoms with E-state index < -0.39 is 0 Å². The first-order valence-corrected chi connectivity index (χ1v) is 4.19. The molecule has 2 rings (SSSR count). The number of rotatable bonds is 3. The molecule has 74 valence electrons. The summed E-state index contributed by atoms with van der Waals surface area (Å²) in [5.41, 5.74) is 0.292. The molecule has 2 heterocycles. The van der Waals surface area contributed by atoms with Crippen LogP contribution in [0.25, 0.3) is 0 Å². The van der Waals surface area contributed by atoms with Gasteiger partial charge in [-0.15, -0.1) is 0 Å². The smallest absolute Gasteiger partial charge is 0.158 e. The van der Waals surface area contributed by atoms with E-state index in [0.29, 0.717) is 23.9 Å². The number of aromatic nitrogens is 5. The van der Waals surface area contributed by atoms with Crippen LogP contribution in [0.5, 0.6) is 0 Å². The molecule has 0 spiro atoms. The van der Waals surface area contributed by atoms with Crippen LogP contribution in [0.4, 0.5) is 5.82 Å². The van der Waals surface area contributed by atoms with Crippen molar-refractivity contribution < 1.29 is 0 Å². The molecular weight excluding hydrogens is 194 g/mol. The summed E-state index contributed by atoms with van der Waals surface area (Å²) in [4.78, 5) is 11.8. The van der Waals surface area contributed by atoms with Gasteiger partial charge >= 0.3 is 0 Å². The number of hydrogen-bond donors (Lipinski definition) is 2. The molecule has 0 saturated carbocycles. The molecule has 0 aromatic carbocycles. The Morgan fingerprint density at radius 3 is 2.87 bits per heavy atom. The third-order valence-electron chi connectivity index (χ3n) is 1.67. The summed E-state index contributed by atoms with van der Waals surface area (Å²) in [5, 5.41) is 17.9. The zero-order valence-electron chi connectivity index (χ0n) is 7.68. The molecule has 7 heteroatoms. The lowest BCUT2D eigenvalue weighted by Gasteiger charge is -2.01. The summed E-state index contributed by atoms with van der Waals surface area (Å²) >= 11 is 0. The summed E-state index contributed by atoms with van der Waals surface area (Å²) in [7, 11) is 0. The second-order valence-corrected chi connectivity index (χ2v) is 2.68. The van der Waals surface area contributed by atoms with E-state index in [4.69, 9.17) is 5.26 Å². The van der Waals surface area contributed by atoms with E-state index in [-0.39, 0.29) is 0 Å². The predicted molar refractivity (Wildman–Crippen MR) is 50.5 cm³/mol. The van der Waals surface area contributed by atoms with Crippen LogP contribution in [0, 0.1) is 11.3 Å². The molecule has 0 aliphatic carbocycles. The van der Waals surface area contributed by atoms with Gasteiger partial charge < -0.3 is 5.32 Å². The number of hydrogen-bond acceptors (Lipinski definition) is 6. The maximum atomic E-state index is 8.51. The lowest BCUT2D eigenvalue weighted by atomic mass is 10.5.